The molecule has 2 aromatic heterocycles. The lowest BCUT2D eigenvalue weighted by atomic mass is 10.0. The number of aromatic nitrogens is 4. The summed E-state index contributed by atoms with van der Waals surface area (Å²) in [4.78, 5) is 8.19. The molecule has 8 heteroatoms. The van der Waals surface area contributed by atoms with Crippen LogP contribution in [-0.2, 0) is 0 Å². The minimum absolute atomic E-state index is 0.117. The van der Waals surface area contributed by atoms with E-state index in [9.17, 15) is 13.2 Å². The molecule has 0 aliphatic heterocycles. The highest BCUT2D eigenvalue weighted by molar-refractivity contribution is 5.91. The summed E-state index contributed by atoms with van der Waals surface area (Å²) < 4.78 is 45.2. The number of rotatable bonds is 3. The number of H-pyrrole nitrogens is 1. The molecule has 4 rings (SSSR count). The minimum atomic E-state index is -0.860. The zero-order valence-corrected chi connectivity index (χ0v) is 13.4. The lowest BCUT2D eigenvalue weighted by molar-refractivity contribution is 0.409. The van der Waals surface area contributed by atoms with E-state index in [0.717, 1.165) is 17.7 Å². The first-order valence-electron chi connectivity index (χ1n) is 7.62. The normalized spacial score (nSPS) is 11.1. The molecule has 0 saturated carbocycles. The Morgan fingerprint density at radius 3 is 2.54 bits per heavy atom. The van der Waals surface area contributed by atoms with Gasteiger partial charge in [-0.25, -0.2) is 18.2 Å². The Kier molecular flexibility index (Phi) is 3.80. The maximum atomic E-state index is 13.7. The van der Waals surface area contributed by atoms with Crippen molar-refractivity contribution in [3.05, 3.63) is 65.6 Å². The van der Waals surface area contributed by atoms with Crippen LogP contribution in [0.3, 0.4) is 0 Å². The van der Waals surface area contributed by atoms with E-state index < -0.39 is 11.6 Å². The van der Waals surface area contributed by atoms with E-state index in [1.54, 1.807) is 13.0 Å². The number of fused-ring (bicyclic) bond motifs is 1. The summed E-state index contributed by atoms with van der Waals surface area (Å²) in [5.41, 5.74) is 2.39. The summed E-state index contributed by atoms with van der Waals surface area (Å²) in [6, 6.07) is 7.19. The molecule has 0 radical (unpaired) electrons. The fourth-order valence-corrected chi connectivity index (χ4v) is 2.60. The van der Waals surface area contributed by atoms with Crippen molar-refractivity contribution < 1.29 is 17.9 Å². The van der Waals surface area contributed by atoms with Gasteiger partial charge in [-0.3, -0.25) is 5.10 Å². The second-order valence-electron chi connectivity index (χ2n) is 5.62. The topological polar surface area (TPSA) is 63.7 Å². The van der Waals surface area contributed by atoms with E-state index in [1.807, 2.05) is 0 Å². The summed E-state index contributed by atoms with van der Waals surface area (Å²) in [6.07, 6.45) is 1.47. The van der Waals surface area contributed by atoms with Crippen LogP contribution in [0.5, 0.6) is 11.8 Å². The van der Waals surface area contributed by atoms with Crippen molar-refractivity contribution in [2.75, 3.05) is 0 Å². The molecule has 2 aromatic carbocycles. The molecule has 0 spiro atoms. The largest absolute Gasteiger partial charge is 0.421 e. The van der Waals surface area contributed by atoms with Crippen LogP contribution in [0, 0.1) is 24.4 Å². The molecule has 1 N–H and O–H groups in total. The van der Waals surface area contributed by atoms with E-state index >= 15 is 0 Å². The molecule has 0 atom stereocenters. The summed E-state index contributed by atoms with van der Waals surface area (Å²) in [7, 11) is 0. The summed E-state index contributed by atoms with van der Waals surface area (Å²) in [5, 5.41) is 7.56. The molecule has 5 nitrogen and oxygen atoms in total. The van der Waals surface area contributed by atoms with Crippen molar-refractivity contribution in [3.8, 4) is 23.0 Å². The number of halogens is 3. The predicted octanol–water partition coefficient (Wildman–Crippen LogP) is 4.54. The fourth-order valence-electron chi connectivity index (χ4n) is 2.60. The van der Waals surface area contributed by atoms with Gasteiger partial charge in [-0.15, -0.1) is 0 Å². The van der Waals surface area contributed by atoms with Crippen LogP contribution in [0.1, 0.15) is 5.56 Å². The van der Waals surface area contributed by atoms with Crippen molar-refractivity contribution >= 4 is 11.0 Å². The quantitative estimate of drug-likeness (QED) is 0.585. The SMILES string of the molecule is Cc1cc(F)ccc1-c1n[nH]c2nc(Oc3ccc(F)cc3F)ncc12. The third-order valence-electron chi connectivity index (χ3n) is 3.83. The first kappa shape index (κ1) is 16.1. The molecule has 0 bridgehead atoms. The zero-order valence-electron chi connectivity index (χ0n) is 13.4. The molecule has 4 aromatic rings. The van der Waals surface area contributed by atoms with Crippen LogP contribution in [0.25, 0.3) is 22.3 Å². The van der Waals surface area contributed by atoms with E-state index in [-0.39, 0.29) is 17.6 Å². The third kappa shape index (κ3) is 2.85. The van der Waals surface area contributed by atoms with Gasteiger partial charge < -0.3 is 4.74 Å². The van der Waals surface area contributed by atoms with Crippen LogP contribution >= 0.6 is 0 Å². The minimum Gasteiger partial charge on any atom is -0.421 e. The smallest absolute Gasteiger partial charge is 0.324 e. The number of hydrogen-bond acceptors (Lipinski definition) is 4. The Hall–Kier alpha value is -3.42. The fraction of sp³-hybridized carbons (Fsp3) is 0.0556. The van der Waals surface area contributed by atoms with Gasteiger partial charge >= 0.3 is 6.01 Å². The number of aryl methyl sites for hydroxylation is 1. The van der Waals surface area contributed by atoms with Crippen molar-refractivity contribution in [1.82, 2.24) is 20.2 Å². The highest BCUT2D eigenvalue weighted by Gasteiger charge is 2.15. The zero-order chi connectivity index (χ0) is 18.3. The standard InChI is InChI=1S/C18H11F3N4O/c1-9-6-10(19)2-4-12(9)16-13-8-22-18(23-17(13)25-24-16)26-15-5-3-11(20)7-14(15)21/h2-8H,1H3,(H,22,23,24,25). The highest BCUT2D eigenvalue weighted by Crippen LogP contribution is 2.29. The second-order valence-corrected chi connectivity index (χ2v) is 5.62. The monoisotopic (exact) mass is 356 g/mol. The average Bonchev–Trinajstić information content (AvgIpc) is 3.00. The summed E-state index contributed by atoms with van der Waals surface area (Å²) in [6.45, 7) is 1.77. The van der Waals surface area contributed by atoms with Gasteiger partial charge in [0.05, 0.1) is 5.39 Å². The molecule has 0 fully saturated rings. The number of aromatic amines is 1. The van der Waals surface area contributed by atoms with Crippen LogP contribution in [-0.4, -0.2) is 20.2 Å². The molecule has 0 aliphatic carbocycles. The molecule has 26 heavy (non-hydrogen) atoms. The second kappa shape index (κ2) is 6.14. The van der Waals surface area contributed by atoms with E-state index in [0.29, 0.717) is 28.4 Å². The van der Waals surface area contributed by atoms with Gasteiger partial charge in [0.25, 0.3) is 0 Å². The maximum Gasteiger partial charge on any atom is 0.324 e. The number of hydrogen-bond donors (Lipinski definition) is 1. The van der Waals surface area contributed by atoms with Crippen molar-refractivity contribution in [1.29, 1.82) is 0 Å². The first-order chi connectivity index (χ1) is 12.5. The molecule has 0 saturated heterocycles. The molecule has 2 heterocycles. The Balaban J connectivity index is 1.71. The number of benzene rings is 2. The van der Waals surface area contributed by atoms with Gasteiger partial charge in [0.1, 0.15) is 17.3 Å². The average molecular weight is 356 g/mol. The van der Waals surface area contributed by atoms with Gasteiger partial charge in [0, 0.05) is 17.8 Å². The van der Waals surface area contributed by atoms with Gasteiger partial charge in [0.15, 0.2) is 17.2 Å². The molecular formula is C18H11F3N4O. The van der Waals surface area contributed by atoms with E-state index in [4.69, 9.17) is 4.74 Å². The van der Waals surface area contributed by atoms with Crippen LogP contribution in [0.15, 0.2) is 42.6 Å². The lowest BCUT2D eigenvalue weighted by Crippen LogP contribution is -1.94. The Bertz CT molecular complexity index is 1130. The lowest BCUT2D eigenvalue weighted by Gasteiger charge is -2.05. The number of nitrogens with one attached hydrogen (secondary N) is 1. The van der Waals surface area contributed by atoms with Gasteiger partial charge in [-0.2, -0.15) is 10.1 Å². The van der Waals surface area contributed by atoms with Gasteiger partial charge in [0.2, 0.25) is 0 Å². The molecule has 0 aliphatic rings. The summed E-state index contributed by atoms with van der Waals surface area (Å²) >= 11 is 0. The number of ether oxygens (including phenoxy) is 1. The highest BCUT2D eigenvalue weighted by atomic mass is 19.1. The van der Waals surface area contributed by atoms with E-state index in [2.05, 4.69) is 20.2 Å². The van der Waals surface area contributed by atoms with E-state index in [1.165, 1.54) is 18.3 Å². The molecule has 0 unspecified atom stereocenters. The molecule has 0 amide bonds. The van der Waals surface area contributed by atoms with Crippen molar-refractivity contribution in [2.24, 2.45) is 0 Å². The van der Waals surface area contributed by atoms with Gasteiger partial charge in [-0.05, 0) is 42.8 Å². The van der Waals surface area contributed by atoms with Crippen molar-refractivity contribution in [3.63, 3.8) is 0 Å². The first-order valence-corrected chi connectivity index (χ1v) is 7.62. The molecular weight excluding hydrogens is 345 g/mol. The van der Waals surface area contributed by atoms with Crippen molar-refractivity contribution in [2.45, 2.75) is 6.92 Å². The van der Waals surface area contributed by atoms with Crippen LogP contribution in [0.2, 0.25) is 0 Å². The maximum absolute atomic E-state index is 13.7. The van der Waals surface area contributed by atoms with Gasteiger partial charge in [-0.1, -0.05) is 0 Å². The Morgan fingerprint density at radius 1 is 1.00 bits per heavy atom. The molecule has 130 valence electrons. The third-order valence-corrected chi connectivity index (χ3v) is 3.83. The predicted molar refractivity (Wildman–Crippen MR) is 88.2 cm³/mol. The summed E-state index contributed by atoms with van der Waals surface area (Å²) in [5.74, 6) is -2.10. The van der Waals surface area contributed by atoms with Crippen LogP contribution in [0.4, 0.5) is 13.2 Å². The number of nitrogens with zero attached hydrogens (tertiary/aromatic N) is 3. The Labute approximate surface area is 145 Å². The Morgan fingerprint density at radius 2 is 1.77 bits per heavy atom. The van der Waals surface area contributed by atoms with Crippen LogP contribution < -0.4 is 4.74 Å².